The molecule has 1 aromatic rings. The number of hydrogen-bond acceptors (Lipinski definition) is 11. The molecule has 2 aliphatic heterocycles. The number of rotatable bonds is 6. The molecule has 0 bridgehead atoms. The molecule has 0 aromatic heterocycles. The molecule has 0 N–H and O–H groups in total. The van der Waals surface area contributed by atoms with Crippen molar-refractivity contribution in [1.29, 1.82) is 0 Å². The molecule has 37 heavy (non-hydrogen) atoms. The third kappa shape index (κ3) is 6.10. The summed E-state index contributed by atoms with van der Waals surface area (Å²) < 4.78 is 46.1. The summed E-state index contributed by atoms with van der Waals surface area (Å²) in [5, 5.41) is -2.83. The molecule has 14 heteroatoms. The highest BCUT2D eigenvalue weighted by atomic mass is 35.5. The van der Waals surface area contributed by atoms with E-state index in [1.807, 2.05) is 0 Å². The van der Waals surface area contributed by atoms with Crippen LogP contribution in [0.15, 0.2) is 29.5 Å². The van der Waals surface area contributed by atoms with E-state index in [1.165, 1.54) is 12.1 Å². The monoisotopic (exact) mass is 557 g/mol. The largest absolute Gasteiger partial charge is 0.457 e. The number of amides is 1. The number of ether oxygens (including phenoxy) is 4. The lowest BCUT2D eigenvalue weighted by atomic mass is 10.1. The molecule has 0 saturated carbocycles. The van der Waals surface area contributed by atoms with Gasteiger partial charge in [-0.1, -0.05) is 0 Å². The summed E-state index contributed by atoms with van der Waals surface area (Å²) in [5.74, 6) is -5.31. The molecule has 12 nitrogen and oxygen atoms in total. The summed E-state index contributed by atoms with van der Waals surface area (Å²) in [6.07, 6.45) is 0. The first kappa shape index (κ1) is 28.1. The number of β-lactam (4-membered cyclic amide) rings is 1. The Morgan fingerprint density at radius 3 is 2.24 bits per heavy atom. The Morgan fingerprint density at radius 2 is 1.68 bits per heavy atom. The predicted octanol–water partition coefficient (Wildman–Crippen LogP) is 1.49. The fraction of sp³-hybridized carbons (Fsp3) is 0.435. The number of benzene rings is 1. The molecule has 2 aliphatic rings. The van der Waals surface area contributed by atoms with Gasteiger partial charge in [-0.2, -0.15) is 0 Å². The molecule has 0 spiro atoms. The SMILES string of the molecule is CC(=O)Oc1ccc(OC(C)=O)c(C(=O)OCC2=C(C(=O)OC(C)(C)C)N3C(=O)[C@H](Cl)C3S(=O)(=O)C2)c1. The van der Waals surface area contributed by atoms with Crippen molar-refractivity contribution in [3.05, 3.63) is 35.0 Å². The van der Waals surface area contributed by atoms with Crippen LogP contribution in [0.1, 0.15) is 45.0 Å². The normalized spacial score (nSPS) is 20.4. The summed E-state index contributed by atoms with van der Waals surface area (Å²) >= 11 is 5.92. The Balaban J connectivity index is 1.98. The lowest BCUT2D eigenvalue weighted by Crippen LogP contribution is -2.68. The van der Waals surface area contributed by atoms with E-state index in [0.29, 0.717) is 0 Å². The van der Waals surface area contributed by atoms with E-state index >= 15 is 0 Å². The lowest BCUT2D eigenvalue weighted by molar-refractivity contribution is -0.157. The van der Waals surface area contributed by atoms with Crippen LogP contribution in [0.5, 0.6) is 11.5 Å². The number of carbonyl (C=O) groups excluding carboxylic acids is 5. The average molecular weight is 558 g/mol. The molecule has 2 atom stereocenters. The maximum Gasteiger partial charge on any atom is 0.355 e. The number of carbonyl (C=O) groups is 5. The highest BCUT2D eigenvalue weighted by Gasteiger charge is 2.59. The van der Waals surface area contributed by atoms with Crippen LogP contribution in [0.3, 0.4) is 0 Å². The number of hydrogen-bond donors (Lipinski definition) is 0. The second-order valence-electron chi connectivity index (χ2n) is 9.18. The molecule has 1 fully saturated rings. The fourth-order valence-corrected chi connectivity index (χ4v) is 6.20. The van der Waals surface area contributed by atoms with Gasteiger partial charge in [-0.05, 0) is 39.0 Å². The van der Waals surface area contributed by atoms with E-state index in [1.54, 1.807) is 20.8 Å². The maximum atomic E-state index is 13.0. The topological polar surface area (TPSA) is 160 Å². The van der Waals surface area contributed by atoms with E-state index in [9.17, 15) is 32.4 Å². The minimum atomic E-state index is -4.03. The predicted molar refractivity (Wildman–Crippen MR) is 126 cm³/mol. The standard InChI is InChI=1S/C23H24ClNO11S/c1-11(26)34-14-6-7-16(35-12(2)27)15(8-14)21(29)33-9-13-10-37(31,32)20-17(24)19(28)25(20)18(13)22(30)36-23(3,4)5/h6-8,17,20H,9-10H2,1-5H3/t17-,20?/m0/s1. The van der Waals surface area contributed by atoms with Crippen molar-refractivity contribution in [3.8, 4) is 11.5 Å². The Bertz CT molecular complexity index is 1330. The van der Waals surface area contributed by atoms with Crippen LogP contribution < -0.4 is 9.47 Å². The number of halogens is 1. The number of esters is 4. The molecule has 1 amide bonds. The summed E-state index contributed by atoms with van der Waals surface area (Å²) in [6, 6.07) is 3.58. The van der Waals surface area contributed by atoms with Crippen LogP contribution in [-0.4, -0.2) is 71.8 Å². The van der Waals surface area contributed by atoms with Crippen molar-refractivity contribution in [2.45, 2.75) is 51.0 Å². The molecular weight excluding hydrogens is 534 g/mol. The van der Waals surface area contributed by atoms with E-state index < -0.39 is 68.3 Å². The van der Waals surface area contributed by atoms with Gasteiger partial charge in [0.25, 0.3) is 0 Å². The molecule has 0 radical (unpaired) electrons. The van der Waals surface area contributed by atoms with Crippen molar-refractivity contribution in [1.82, 2.24) is 4.90 Å². The zero-order valence-corrected chi connectivity index (χ0v) is 22.1. The minimum absolute atomic E-state index is 0.0496. The second kappa shape index (κ2) is 10.1. The molecule has 1 saturated heterocycles. The van der Waals surface area contributed by atoms with Gasteiger partial charge < -0.3 is 18.9 Å². The van der Waals surface area contributed by atoms with Gasteiger partial charge in [0.2, 0.25) is 5.91 Å². The van der Waals surface area contributed by atoms with Crippen molar-refractivity contribution in [3.63, 3.8) is 0 Å². The van der Waals surface area contributed by atoms with Crippen LogP contribution in [0.25, 0.3) is 0 Å². The van der Waals surface area contributed by atoms with Gasteiger partial charge in [0.15, 0.2) is 15.2 Å². The van der Waals surface area contributed by atoms with Crippen LogP contribution in [-0.2, 0) is 38.5 Å². The van der Waals surface area contributed by atoms with Gasteiger partial charge in [0.1, 0.15) is 40.3 Å². The first-order valence-electron chi connectivity index (χ1n) is 10.8. The highest BCUT2D eigenvalue weighted by Crippen LogP contribution is 2.40. The van der Waals surface area contributed by atoms with Crippen molar-refractivity contribution < 1.29 is 51.3 Å². The molecule has 0 aliphatic carbocycles. The molecule has 1 unspecified atom stereocenters. The number of nitrogens with zero attached hydrogens (tertiary/aromatic N) is 1. The molecular formula is C23H24ClNO11S. The van der Waals surface area contributed by atoms with Gasteiger partial charge in [0.05, 0.1) is 5.75 Å². The van der Waals surface area contributed by atoms with E-state index in [2.05, 4.69) is 0 Å². The molecule has 2 heterocycles. The van der Waals surface area contributed by atoms with Crippen molar-refractivity contribution in [2.24, 2.45) is 0 Å². The summed E-state index contributed by atoms with van der Waals surface area (Å²) in [6.45, 7) is 6.26. The Hall–Kier alpha value is -3.45. The Labute approximate surface area is 217 Å². The smallest absolute Gasteiger partial charge is 0.355 e. The van der Waals surface area contributed by atoms with Crippen LogP contribution in [0.4, 0.5) is 0 Å². The third-order valence-electron chi connectivity index (χ3n) is 4.95. The summed E-state index contributed by atoms with van der Waals surface area (Å²) in [4.78, 5) is 61.8. The van der Waals surface area contributed by atoms with Gasteiger partial charge in [0, 0.05) is 19.4 Å². The van der Waals surface area contributed by atoms with Crippen LogP contribution in [0.2, 0.25) is 0 Å². The van der Waals surface area contributed by atoms with Crippen molar-refractivity contribution >= 4 is 51.2 Å². The van der Waals surface area contributed by atoms with Gasteiger partial charge in [-0.25, -0.2) is 18.0 Å². The Morgan fingerprint density at radius 1 is 1.05 bits per heavy atom. The summed E-state index contributed by atoms with van der Waals surface area (Å²) in [7, 11) is -4.03. The quantitative estimate of drug-likeness (QED) is 0.216. The van der Waals surface area contributed by atoms with E-state index in [4.69, 9.17) is 30.5 Å². The average Bonchev–Trinajstić information content (AvgIpc) is 2.74. The third-order valence-corrected chi connectivity index (χ3v) is 7.50. The molecule has 200 valence electrons. The number of fused-ring (bicyclic) bond motifs is 1. The van der Waals surface area contributed by atoms with Gasteiger partial charge in [-0.15, -0.1) is 11.6 Å². The van der Waals surface area contributed by atoms with Gasteiger partial charge >= 0.3 is 23.9 Å². The van der Waals surface area contributed by atoms with Crippen molar-refractivity contribution in [2.75, 3.05) is 12.4 Å². The number of alkyl halides is 1. The molecule has 1 aromatic carbocycles. The summed E-state index contributed by atoms with van der Waals surface area (Å²) in [5.41, 5.74) is -1.88. The zero-order valence-electron chi connectivity index (χ0n) is 20.5. The fourth-order valence-electron chi connectivity index (χ4n) is 3.63. The second-order valence-corrected chi connectivity index (χ2v) is 11.8. The molecule has 3 rings (SSSR count). The van der Waals surface area contributed by atoms with Crippen LogP contribution in [0, 0.1) is 0 Å². The van der Waals surface area contributed by atoms with Gasteiger partial charge in [-0.3, -0.25) is 19.3 Å². The maximum absolute atomic E-state index is 13.0. The van der Waals surface area contributed by atoms with E-state index in [0.717, 1.165) is 24.8 Å². The number of sulfone groups is 1. The Kier molecular flexibility index (Phi) is 7.70. The zero-order chi connectivity index (χ0) is 27.9. The first-order valence-corrected chi connectivity index (χ1v) is 13.0. The van der Waals surface area contributed by atoms with Crippen LogP contribution >= 0.6 is 11.6 Å². The lowest BCUT2D eigenvalue weighted by Gasteiger charge is -2.47. The first-order chi connectivity index (χ1) is 17.0. The van der Waals surface area contributed by atoms with E-state index in [-0.39, 0.29) is 28.3 Å². The minimum Gasteiger partial charge on any atom is -0.457 e. The highest BCUT2D eigenvalue weighted by molar-refractivity contribution is 7.92.